The fraction of sp³-hybridized carbons (Fsp3) is 0.769. The zero-order valence-corrected chi connectivity index (χ0v) is 12.0. The van der Waals surface area contributed by atoms with Gasteiger partial charge >= 0.3 is 0 Å². The Morgan fingerprint density at radius 1 is 1.16 bits per heavy atom. The van der Waals surface area contributed by atoms with Crippen LogP contribution in [0.25, 0.3) is 4.96 Å². The molecule has 3 atom stereocenters. The van der Waals surface area contributed by atoms with Crippen LogP contribution in [0.15, 0.2) is 0 Å². The molecular weight excluding hydrogens is 258 g/mol. The van der Waals surface area contributed by atoms with Gasteiger partial charge in [0, 0.05) is 6.04 Å². The van der Waals surface area contributed by atoms with Crippen LogP contribution in [-0.2, 0) is 0 Å². The van der Waals surface area contributed by atoms with Crippen LogP contribution in [0, 0.1) is 12.8 Å². The summed E-state index contributed by atoms with van der Waals surface area (Å²) in [6, 6.07) is 1.13. The lowest BCUT2D eigenvalue weighted by Gasteiger charge is -2.39. The van der Waals surface area contributed by atoms with E-state index in [4.69, 9.17) is 0 Å². The van der Waals surface area contributed by atoms with Crippen molar-refractivity contribution in [1.82, 2.24) is 25.1 Å². The molecule has 2 aromatic rings. The monoisotopic (exact) mass is 277 g/mol. The van der Waals surface area contributed by atoms with Gasteiger partial charge in [-0.15, -0.1) is 10.2 Å². The number of piperidine rings is 1. The summed E-state index contributed by atoms with van der Waals surface area (Å²) in [4.78, 5) is 0.917. The standard InChI is InChI=1S/C13H19N5S/c1-8-15-16-13-18(8)17-12(19-13)11-7-6-9-4-2-3-5-10(9)14-11/h9-11,14H,2-7H2,1H3. The van der Waals surface area contributed by atoms with Crippen molar-refractivity contribution in [3.8, 4) is 0 Å². The van der Waals surface area contributed by atoms with Crippen molar-refractivity contribution in [2.24, 2.45) is 5.92 Å². The molecule has 1 aliphatic carbocycles. The van der Waals surface area contributed by atoms with Gasteiger partial charge in [-0.1, -0.05) is 24.2 Å². The quantitative estimate of drug-likeness (QED) is 0.870. The molecule has 3 unspecified atom stereocenters. The van der Waals surface area contributed by atoms with E-state index in [1.165, 1.54) is 43.5 Å². The molecule has 1 aliphatic heterocycles. The number of nitrogens with zero attached hydrogens (tertiary/aromatic N) is 4. The molecule has 3 heterocycles. The summed E-state index contributed by atoms with van der Waals surface area (Å²) in [7, 11) is 0. The lowest BCUT2D eigenvalue weighted by molar-refractivity contribution is 0.176. The fourth-order valence-corrected chi connectivity index (χ4v) is 4.54. The molecule has 0 amide bonds. The molecule has 0 aromatic carbocycles. The number of fused-ring (bicyclic) bond motifs is 2. The average molecular weight is 277 g/mol. The first-order chi connectivity index (χ1) is 9.31. The van der Waals surface area contributed by atoms with Gasteiger partial charge in [-0.25, -0.2) is 0 Å². The van der Waals surface area contributed by atoms with Crippen LogP contribution >= 0.6 is 11.3 Å². The highest BCUT2D eigenvalue weighted by Gasteiger charge is 2.33. The molecule has 0 radical (unpaired) electrons. The minimum atomic E-state index is 0.422. The van der Waals surface area contributed by atoms with E-state index in [1.54, 1.807) is 11.3 Å². The van der Waals surface area contributed by atoms with Crippen LogP contribution in [0.2, 0.25) is 0 Å². The first kappa shape index (κ1) is 11.8. The summed E-state index contributed by atoms with van der Waals surface area (Å²) < 4.78 is 1.87. The normalized spacial score (nSPS) is 31.5. The van der Waals surface area contributed by atoms with Gasteiger partial charge in [-0.2, -0.15) is 9.61 Å². The molecule has 102 valence electrons. The highest BCUT2D eigenvalue weighted by Crippen LogP contribution is 2.37. The molecule has 1 N–H and O–H groups in total. The van der Waals surface area contributed by atoms with E-state index < -0.39 is 0 Å². The predicted octanol–water partition coefficient (Wildman–Crippen LogP) is 2.48. The van der Waals surface area contributed by atoms with Crippen LogP contribution in [0.4, 0.5) is 0 Å². The van der Waals surface area contributed by atoms with Crippen molar-refractivity contribution in [1.29, 1.82) is 0 Å². The van der Waals surface area contributed by atoms with Crippen molar-refractivity contribution >= 4 is 16.3 Å². The van der Waals surface area contributed by atoms with Crippen molar-refractivity contribution in [3.63, 3.8) is 0 Å². The summed E-state index contributed by atoms with van der Waals surface area (Å²) in [5.74, 6) is 1.78. The Hall–Kier alpha value is -1.01. The van der Waals surface area contributed by atoms with Crippen LogP contribution in [-0.4, -0.2) is 25.9 Å². The third kappa shape index (κ3) is 1.97. The van der Waals surface area contributed by atoms with E-state index in [-0.39, 0.29) is 0 Å². The average Bonchev–Trinajstić information content (AvgIpc) is 3.01. The van der Waals surface area contributed by atoms with Crippen LogP contribution < -0.4 is 5.32 Å². The molecule has 5 nitrogen and oxygen atoms in total. The van der Waals surface area contributed by atoms with Crippen molar-refractivity contribution in [2.45, 2.75) is 57.5 Å². The molecule has 6 heteroatoms. The topological polar surface area (TPSA) is 55.1 Å². The Kier molecular flexibility index (Phi) is 2.81. The van der Waals surface area contributed by atoms with Gasteiger partial charge in [-0.3, -0.25) is 0 Å². The van der Waals surface area contributed by atoms with Crippen LogP contribution in [0.1, 0.15) is 55.4 Å². The molecule has 1 saturated heterocycles. The summed E-state index contributed by atoms with van der Waals surface area (Å²) in [5.41, 5.74) is 0. The summed E-state index contributed by atoms with van der Waals surface area (Å²) >= 11 is 1.68. The molecule has 0 bridgehead atoms. The molecule has 2 aliphatic rings. The third-order valence-corrected chi connectivity index (χ3v) is 5.62. The number of hydrogen-bond donors (Lipinski definition) is 1. The summed E-state index contributed by atoms with van der Waals surface area (Å²) in [5, 5.41) is 17.9. The number of hydrogen-bond acceptors (Lipinski definition) is 5. The maximum Gasteiger partial charge on any atom is 0.234 e. The summed E-state index contributed by atoms with van der Waals surface area (Å²) in [6.07, 6.45) is 8.11. The van der Waals surface area contributed by atoms with Gasteiger partial charge in [0.25, 0.3) is 0 Å². The van der Waals surface area contributed by atoms with Crippen LogP contribution in [0.5, 0.6) is 0 Å². The lowest BCUT2D eigenvalue weighted by atomic mass is 9.78. The highest BCUT2D eigenvalue weighted by molar-refractivity contribution is 7.16. The smallest absolute Gasteiger partial charge is 0.234 e. The van der Waals surface area contributed by atoms with E-state index >= 15 is 0 Å². The Bertz CT molecular complexity index is 589. The second-order valence-electron chi connectivity index (χ2n) is 5.83. The maximum absolute atomic E-state index is 4.68. The van der Waals surface area contributed by atoms with Crippen molar-refractivity contribution < 1.29 is 0 Å². The molecule has 2 fully saturated rings. The highest BCUT2D eigenvalue weighted by atomic mass is 32.1. The van der Waals surface area contributed by atoms with Gasteiger partial charge in [0.2, 0.25) is 4.96 Å². The molecule has 2 aromatic heterocycles. The van der Waals surface area contributed by atoms with Gasteiger partial charge in [0.15, 0.2) is 5.82 Å². The minimum Gasteiger partial charge on any atom is -0.305 e. The second-order valence-corrected chi connectivity index (χ2v) is 6.82. The Morgan fingerprint density at radius 3 is 2.95 bits per heavy atom. The Balaban J connectivity index is 1.58. The first-order valence-corrected chi connectivity index (χ1v) is 8.08. The largest absolute Gasteiger partial charge is 0.305 e. The molecule has 19 heavy (non-hydrogen) atoms. The zero-order chi connectivity index (χ0) is 12.8. The summed E-state index contributed by atoms with van der Waals surface area (Å²) in [6.45, 7) is 1.95. The third-order valence-electron chi connectivity index (χ3n) is 4.61. The number of aryl methyl sites for hydroxylation is 1. The molecule has 1 saturated carbocycles. The number of aromatic nitrogens is 4. The number of nitrogens with one attached hydrogen (secondary N) is 1. The van der Waals surface area contributed by atoms with Gasteiger partial charge < -0.3 is 5.32 Å². The van der Waals surface area contributed by atoms with E-state index in [9.17, 15) is 0 Å². The fourth-order valence-electron chi connectivity index (χ4n) is 3.56. The Morgan fingerprint density at radius 2 is 2.05 bits per heavy atom. The molecule has 4 rings (SSSR count). The zero-order valence-electron chi connectivity index (χ0n) is 11.2. The predicted molar refractivity (Wildman–Crippen MR) is 74.3 cm³/mol. The van der Waals surface area contributed by atoms with Gasteiger partial charge in [-0.05, 0) is 38.5 Å². The van der Waals surface area contributed by atoms with E-state index in [1.807, 2.05) is 11.4 Å². The lowest BCUT2D eigenvalue weighted by Crippen LogP contribution is -2.44. The number of rotatable bonds is 1. The minimum absolute atomic E-state index is 0.422. The SMILES string of the molecule is Cc1nnc2sc(C3CCC4CCCCC4N3)nn12. The van der Waals surface area contributed by atoms with Gasteiger partial charge in [0.1, 0.15) is 5.01 Å². The van der Waals surface area contributed by atoms with E-state index in [0.717, 1.165) is 16.7 Å². The van der Waals surface area contributed by atoms with E-state index in [0.29, 0.717) is 12.1 Å². The first-order valence-electron chi connectivity index (χ1n) is 7.26. The van der Waals surface area contributed by atoms with Crippen LogP contribution in [0.3, 0.4) is 0 Å². The maximum atomic E-state index is 4.68. The van der Waals surface area contributed by atoms with E-state index in [2.05, 4.69) is 20.6 Å². The van der Waals surface area contributed by atoms with Crippen molar-refractivity contribution in [2.75, 3.05) is 0 Å². The Labute approximate surface area is 116 Å². The van der Waals surface area contributed by atoms with Crippen molar-refractivity contribution in [3.05, 3.63) is 10.8 Å². The van der Waals surface area contributed by atoms with Gasteiger partial charge in [0.05, 0.1) is 6.04 Å². The molecular formula is C13H19N5S. The molecule has 0 spiro atoms. The second kappa shape index (κ2) is 4.52.